The molecule has 1 heterocycles. The molecular formula is C18H23N3O4. The van der Waals surface area contributed by atoms with Crippen molar-refractivity contribution in [3.63, 3.8) is 0 Å². The van der Waals surface area contributed by atoms with Gasteiger partial charge < -0.3 is 19.9 Å². The molecule has 0 aliphatic rings. The molecule has 0 saturated heterocycles. The Morgan fingerprint density at radius 3 is 2.60 bits per heavy atom. The first-order valence-corrected chi connectivity index (χ1v) is 8.27. The van der Waals surface area contributed by atoms with Crippen molar-refractivity contribution in [1.29, 1.82) is 0 Å². The smallest absolute Gasteiger partial charge is 0.273 e. The number of amides is 2. The number of aromatic nitrogens is 1. The monoisotopic (exact) mass is 345 g/mol. The molecule has 0 aliphatic heterocycles. The van der Waals surface area contributed by atoms with E-state index in [0.717, 1.165) is 6.42 Å². The van der Waals surface area contributed by atoms with E-state index in [2.05, 4.69) is 15.8 Å². The van der Waals surface area contributed by atoms with Gasteiger partial charge in [-0.15, -0.1) is 0 Å². The maximum absolute atomic E-state index is 11.8. The topological polar surface area (TPSA) is 93.5 Å². The predicted octanol–water partition coefficient (Wildman–Crippen LogP) is 2.99. The summed E-state index contributed by atoms with van der Waals surface area (Å²) in [5.74, 6) is 0.701. The lowest BCUT2D eigenvalue weighted by molar-refractivity contribution is -0.118. The van der Waals surface area contributed by atoms with Crippen LogP contribution in [0.5, 0.6) is 5.75 Å². The van der Waals surface area contributed by atoms with Crippen molar-refractivity contribution < 1.29 is 18.8 Å². The zero-order valence-corrected chi connectivity index (χ0v) is 14.7. The van der Waals surface area contributed by atoms with Gasteiger partial charge in [-0.2, -0.15) is 0 Å². The third-order valence-electron chi connectivity index (χ3n) is 3.35. The minimum absolute atomic E-state index is 0.0378. The Morgan fingerprint density at radius 1 is 1.24 bits per heavy atom. The third-order valence-corrected chi connectivity index (χ3v) is 3.35. The molecule has 0 bridgehead atoms. The van der Waals surface area contributed by atoms with Gasteiger partial charge in [0, 0.05) is 24.2 Å². The van der Waals surface area contributed by atoms with E-state index in [1.807, 2.05) is 20.8 Å². The summed E-state index contributed by atoms with van der Waals surface area (Å²) in [7, 11) is 0. The molecule has 134 valence electrons. The van der Waals surface area contributed by atoms with Crippen LogP contribution in [0.4, 0.5) is 5.69 Å². The lowest BCUT2D eigenvalue weighted by Crippen LogP contribution is -2.24. The number of hydrogen-bond acceptors (Lipinski definition) is 5. The van der Waals surface area contributed by atoms with Crippen molar-refractivity contribution in [2.75, 3.05) is 11.9 Å². The van der Waals surface area contributed by atoms with E-state index in [1.54, 1.807) is 30.3 Å². The maximum atomic E-state index is 11.8. The lowest BCUT2D eigenvalue weighted by atomic mass is 10.2. The van der Waals surface area contributed by atoms with Gasteiger partial charge in [-0.25, -0.2) is 0 Å². The molecule has 1 aromatic carbocycles. The van der Waals surface area contributed by atoms with E-state index < -0.39 is 0 Å². The number of nitrogens with one attached hydrogen (secondary N) is 2. The van der Waals surface area contributed by atoms with Crippen LogP contribution in [0.2, 0.25) is 0 Å². The van der Waals surface area contributed by atoms with Crippen LogP contribution in [0, 0.1) is 5.92 Å². The van der Waals surface area contributed by atoms with Gasteiger partial charge in [0.05, 0.1) is 0 Å². The van der Waals surface area contributed by atoms with Crippen molar-refractivity contribution in [3.8, 4) is 5.75 Å². The highest BCUT2D eigenvalue weighted by molar-refractivity contribution is 5.92. The normalized spacial score (nSPS) is 10.6. The van der Waals surface area contributed by atoms with Crippen molar-refractivity contribution in [1.82, 2.24) is 10.5 Å². The molecule has 0 saturated carbocycles. The average molecular weight is 345 g/mol. The number of carbonyl (C=O) groups is 2. The summed E-state index contributed by atoms with van der Waals surface area (Å²) in [4.78, 5) is 23.4. The van der Waals surface area contributed by atoms with Gasteiger partial charge in [0.25, 0.3) is 5.91 Å². The molecule has 0 aliphatic carbocycles. The largest absolute Gasteiger partial charge is 0.486 e. The van der Waals surface area contributed by atoms with Gasteiger partial charge in [0.15, 0.2) is 11.5 Å². The van der Waals surface area contributed by atoms with Gasteiger partial charge in [0.2, 0.25) is 5.91 Å². The highest BCUT2D eigenvalue weighted by Gasteiger charge is 2.12. The highest BCUT2D eigenvalue weighted by Crippen LogP contribution is 2.18. The molecule has 25 heavy (non-hydrogen) atoms. The standard InChI is InChI=1S/C18H23N3O4/c1-4-9-19-18(23)16-10-15(25-21-16)11-24-14-7-5-13(6-8-14)20-17(22)12(2)3/h5-8,10,12H,4,9,11H2,1-3H3,(H,19,23)(H,20,22). The predicted molar refractivity (Wildman–Crippen MR) is 93.4 cm³/mol. The molecule has 1 aromatic heterocycles. The van der Waals surface area contributed by atoms with Gasteiger partial charge in [-0.3, -0.25) is 9.59 Å². The zero-order chi connectivity index (χ0) is 18.2. The van der Waals surface area contributed by atoms with Crippen LogP contribution in [0.3, 0.4) is 0 Å². The molecule has 2 N–H and O–H groups in total. The fourth-order valence-electron chi connectivity index (χ4n) is 1.89. The lowest BCUT2D eigenvalue weighted by Gasteiger charge is -2.08. The van der Waals surface area contributed by atoms with E-state index in [4.69, 9.17) is 9.26 Å². The van der Waals surface area contributed by atoms with Crippen LogP contribution >= 0.6 is 0 Å². The highest BCUT2D eigenvalue weighted by atomic mass is 16.5. The first-order valence-electron chi connectivity index (χ1n) is 8.27. The molecule has 2 amide bonds. The molecule has 0 spiro atoms. The minimum atomic E-state index is -0.262. The number of hydrogen-bond donors (Lipinski definition) is 2. The molecule has 0 radical (unpaired) electrons. The molecule has 0 fully saturated rings. The molecule has 7 nitrogen and oxygen atoms in total. The molecule has 0 unspecified atom stereocenters. The molecule has 0 atom stereocenters. The summed E-state index contributed by atoms with van der Waals surface area (Å²) < 4.78 is 10.7. The Balaban J connectivity index is 1.86. The van der Waals surface area contributed by atoms with Crippen LogP contribution in [-0.2, 0) is 11.4 Å². The zero-order valence-electron chi connectivity index (χ0n) is 14.7. The van der Waals surface area contributed by atoms with Crippen molar-refractivity contribution in [2.24, 2.45) is 5.92 Å². The summed E-state index contributed by atoms with van der Waals surface area (Å²) in [6, 6.07) is 8.59. The molecule has 7 heteroatoms. The van der Waals surface area contributed by atoms with Crippen molar-refractivity contribution in [2.45, 2.75) is 33.8 Å². The summed E-state index contributed by atoms with van der Waals surface area (Å²) >= 11 is 0. The number of anilines is 1. The Hall–Kier alpha value is -2.83. The van der Waals surface area contributed by atoms with Crippen LogP contribution in [0.15, 0.2) is 34.9 Å². The first kappa shape index (κ1) is 18.5. The van der Waals surface area contributed by atoms with Crippen molar-refractivity contribution in [3.05, 3.63) is 41.8 Å². The van der Waals surface area contributed by atoms with Gasteiger partial charge in [0.1, 0.15) is 12.4 Å². The average Bonchev–Trinajstić information content (AvgIpc) is 3.08. The van der Waals surface area contributed by atoms with Crippen molar-refractivity contribution >= 4 is 17.5 Å². The Labute approximate surface area is 146 Å². The maximum Gasteiger partial charge on any atom is 0.273 e. The SMILES string of the molecule is CCCNC(=O)c1cc(COc2ccc(NC(=O)C(C)C)cc2)on1. The van der Waals surface area contributed by atoms with Crippen LogP contribution < -0.4 is 15.4 Å². The number of benzene rings is 1. The van der Waals surface area contributed by atoms with Gasteiger partial charge >= 0.3 is 0 Å². The quantitative estimate of drug-likeness (QED) is 0.767. The second kappa shape index (κ2) is 8.86. The van der Waals surface area contributed by atoms with E-state index in [9.17, 15) is 9.59 Å². The second-order valence-electron chi connectivity index (χ2n) is 5.89. The first-order chi connectivity index (χ1) is 12.0. The fourth-order valence-corrected chi connectivity index (χ4v) is 1.89. The van der Waals surface area contributed by atoms with E-state index in [1.165, 1.54) is 0 Å². The Kier molecular flexibility index (Phi) is 6.56. The third kappa shape index (κ3) is 5.63. The van der Waals surface area contributed by atoms with E-state index >= 15 is 0 Å². The summed E-state index contributed by atoms with van der Waals surface area (Å²) in [5, 5.41) is 9.27. The number of rotatable bonds is 8. The van der Waals surface area contributed by atoms with Crippen LogP contribution in [0.25, 0.3) is 0 Å². The molecule has 2 aromatic rings. The number of carbonyl (C=O) groups excluding carboxylic acids is 2. The fraction of sp³-hybridized carbons (Fsp3) is 0.389. The van der Waals surface area contributed by atoms with Crippen LogP contribution in [0.1, 0.15) is 43.4 Å². The second-order valence-corrected chi connectivity index (χ2v) is 5.89. The van der Waals surface area contributed by atoms with E-state index in [0.29, 0.717) is 23.7 Å². The van der Waals surface area contributed by atoms with Gasteiger partial charge in [-0.1, -0.05) is 25.9 Å². The Bertz CT molecular complexity index is 707. The minimum Gasteiger partial charge on any atom is -0.486 e. The summed E-state index contributed by atoms with van der Waals surface area (Å²) in [5.41, 5.74) is 0.944. The molecular weight excluding hydrogens is 322 g/mol. The molecule has 2 rings (SSSR count). The van der Waals surface area contributed by atoms with Gasteiger partial charge in [-0.05, 0) is 30.7 Å². The summed E-state index contributed by atoms with van der Waals surface area (Å²) in [6.07, 6.45) is 0.854. The number of nitrogens with zero attached hydrogens (tertiary/aromatic N) is 1. The Morgan fingerprint density at radius 2 is 1.96 bits per heavy atom. The van der Waals surface area contributed by atoms with Crippen LogP contribution in [-0.4, -0.2) is 23.5 Å². The summed E-state index contributed by atoms with van der Waals surface area (Å²) in [6.45, 7) is 6.40. The number of ether oxygens (including phenoxy) is 1. The van der Waals surface area contributed by atoms with E-state index in [-0.39, 0.29) is 30.0 Å².